The molecule has 6 nitrogen and oxygen atoms in total. The maximum atomic E-state index is 13.0. The molecule has 0 saturated heterocycles. The van der Waals surface area contributed by atoms with Crippen LogP contribution in [0.1, 0.15) is 37.8 Å². The Kier molecular flexibility index (Phi) is 6.90. The third-order valence-electron chi connectivity index (χ3n) is 4.73. The highest BCUT2D eigenvalue weighted by Gasteiger charge is 2.27. The van der Waals surface area contributed by atoms with Gasteiger partial charge in [0, 0.05) is 5.69 Å². The Morgan fingerprint density at radius 2 is 1.83 bits per heavy atom. The molecule has 1 heterocycles. The standard InChI is InChI=1S/C22H27N3O3S2/c1-5-16-6-8-17(9-7-16)24-22(26)20(12-14(2)3)25-30(27,28)18-10-11-19-21(13-18)29-15(4)23-19/h6-11,13-14,20,25H,5,12H2,1-4H3,(H,24,26)/t20-/m0/s1. The molecular formula is C22H27N3O3S2. The SMILES string of the molecule is CCc1ccc(NC(=O)[C@H](CC(C)C)NS(=O)(=O)c2ccc3nc(C)sc3c2)cc1. The summed E-state index contributed by atoms with van der Waals surface area (Å²) >= 11 is 1.44. The summed E-state index contributed by atoms with van der Waals surface area (Å²) in [4.78, 5) is 17.4. The second-order valence-corrected chi connectivity index (χ2v) is 10.7. The van der Waals surface area contributed by atoms with Gasteiger partial charge in [0.2, 0.25) is 15.9 Å². The number of thiazole rings is 1. The lowest BCUT2D eigenvalue weighted by Gasteiger charge is -2.20. The van der Waals surface area contributed by atoms with Crippen LogP contribution in [0.25, 0.3) is 10.2 Å². The fraction of sp³-hybridized carbons (Fsp3) is 0.364. The molecule has 0 fully saturated rings. The van der Waals surface area contributed by atoms with Gasteiger partial charge < -0.3 is 5.32 Å². The number of amides is 1. The molecular weight excluding hydrogens is 418 g/mol. The lowest BCUT2D eigenvalue weighted by Crippen LogP contribution is -2.44. The van der Waals surface area contributed by atoms with Gasteiger partial charge in [-0.25, -0.2) is 13.4 Å². The number of hydrogen-bond donors (Lipinski definition) is 2. The summed E-state index contributed by atoms with van der Waals surface area (Å²) in [6.07, 6.45) is 1.30. The fourth-order valence-corrected chi connectivity index (χ4v) is 5.35. The fourth-order valence-electron chi connectivity index (χ4n) is 3.18. The first-order valence-electron chi connectivity index (χ1n) is 9.97. The Morgan fingerprint density at radius 3 is 2.47 bits per heavy atom. The Hall–Kier alpha value is -2.29. The van der Waals surface area contributed by atoms with Gasteiger partial charge in [0.15, 0.2) is 0 Å². The number of nitrogens with zero attached hydrogens (tertiary/aromatic N) is 1. The Morgan fingerprint density at radius 1 is 1.13 bits per heavy atom. The van der Waals surface area contributed by atoms with Gasteiger partial charge in [0.1, 0.15) is 6.04 Å². The third kappa shape index (κ3) is 5.44. The van der Waals surface area contributed by atoms with Crippen molar-refractivity contribution in [1.82, 2.24) is 9.71 Å². The number of carbonyl (C=O) groups is 1. The molecule has 0 aliphatic rings. The first kappa shape index (κ1) is 22.4. The number of nitrogens with one attached hydrogen (secondary N) is 2. The van der Waals surface area contributed by atoms with Crippen molar-refractivity contribution >= 4 is 43.2 Å². The summed E-state index contributed by atoms with van der Waals surface area (Å²) in [6.45, 7) is 7.85. The molecule has 3 rings (SSSR count). The Balaban J connectivity index is 1.81. The normalized spacial score (nSPS) is 13.0. The molecule has 0 spiro atoms. The summed E-state index contributed by atoms with van der Waals surface area (Å²) in [5.41, 5.74) is 2.58. The zero-order valence-electron chi connectivity index (χ0n) is 17.6. The molecule has 0 unspecified atom stereocenters. The van der Waals surface area contributed by atoms with Crippen LogP contribution in [-0.4, -0.2) is 25.4 Å². The minimum absolute atomic E-state index is 0.132. The van der Waals surface area contributed by atoms with E-state index in [1.165, 1.54) is 23.0 Å². The number of fused-ring (bicyclic) bond motifs is 1. The lowest BCUT2D eigenvalue weighted by molar-refractivity contribution is -0.118. The Labute approximate surface area is 181 Å². The van der Waals surface area contributed by atoms with E-state index >= 15 is 0 Å². The highest BCUT2D eigenvalue weighted by molar-refractivity contribution is 7.89. The van der Waals surface area contributed by atoms with Crippen molar-refractivity contribution < 1.29 is 13.2 Å². The van der Waals surface area contributed by atoms with Gasteiger partial charge in [-0.05, 0) is 61.6 Å². The van der Waals surface area contributed by atoms with Crippen LogP contribution in [0, 0.1) is 12.8 Å². The predicted octanol–water partition coefficient (Wildman–Crippen LogP) is 4.50. The quantitative estimate of drug-likeness (QED) is 0.534. The van der Waals surface area contributed by atoms with Crippen molar-refractivity contribution in [1.29, 1.82) is 0 Å². The van der Waals surface area contributed by atoms with Crippen LogP contribution in [-0.2, 0) is 21.2 Å². The van der Waals surface area contributed by atoms with Gasteiger partial charge in [-0.2, -0.15) is 4.72 Å². The highest BCUT2D eigenvalue weighted by atomic mass is 32.2. The lowest BCUT2D eigenvalue weighted by atomic mass is 10.0. The summed E-state index contributed by atoms with van der Waals surface area (Å²) in [6, 6.07) is 11.5. The van der Waals surface area contributed by atoms with Crippen LogP contribution in [0.3, 0.4) is 0 Å². The maximum absolute atomic E-state index is 13.0. The van der Waals surface area contributed by atoms with E-state index < -0.39 is 16.1 Å². The average molecular weight is 446 g/mol. The number of aryl methyl sites for hydroxylation is 2. The van der Waals surface area contributed by atoms with Crippen molar-refractivity contribution in [3.05, 3.63) is 53.0 Å². The predicted molar refractivity (Wildman–Crippen MR) is 122 cm³/mol. The summed E-state index contributed by atoms with van der Waals surface area (Å²) < 4.78 is 29.4. The van der Waals surface area contributed by atoms with Crippen molar-refractivity contribution in [3.8, 4) is 0 Å². The first-order chi connectivity index (χ1) is 14.2. The number of aromatic nitrogens is 1. The van der Waals surface area contributed by atoms with Crippen LogP contribution in [0.4, 0.5) is 5.69 Å². The number of rotatable bonds is 8. The molecule has 160 valence electrons. The molecule has 1 aromatic heterocycles. The highest BCUT2D eigenvalue weighted by Crippen LogP contribution is 2.25. The number of anilines is 1. The van der Waals surface area contributed by atoms with Crippen LogP contribution in [0.5, 0.6) is 0 Å². The summed E-state index contributed by atoms with van der Waals surface area (Å²) in [5.74, 6) is -0.233. The average Bonchev–Trinajstić information content (AvgIpc) is 3.06. The van der Waals surface area contributed by atoms with E-state index in [9.17, 15) is 13.2 Å². The number of benzene rings is 2. The zero-order valence-corrected chi connectivity index (χ0v) is 19.2. The molecule has 2 N–H and O–H groups in total. The second-order valence-electron chi connectivity index (χ2n) is 7.71. The van der Waals surface area contributed by atoms with Crippen LogP contribution in [0.15, 0.2) is 47.4 Å². The minimum Gasteiger partial charge on any atom is -0.325 e. The molecule has 1 atom stereocenters. The van der Waals surface area contributed by atoms with Gasteiger partial charge in [0.25, 0.3) is 0 Å². The first-order valence-corrected chi connectivity index (χ1v) is 12.3. The molecule has 8 heteroatoms. The van der Waals surface area contributed by atoms with Crippen LogP contribution in [0.2, 0.25) is 0 Å². The molecule has 30 heavy (non-hydrogen) atoms. The van der Waals surface area contributed by atoms with E-state index in [1.807, 2.05) is 45.0 Å². The zero-order chi connectivity index (χ0) is 21.9. The second kappa shape index (κ2) is 9.24. The van der Waals surface area contributed by atoms with Gasteiger partial charge in [0.05, 0.1) is 20.1 Å². The molecule has 0 aliphatic carbocycles. The molecule has 0 saturated carbocycles. The maximum Gasteiger partial charge on any atom is 0.242 e. The molecule has 2 aromatic carbocycles. The monoisotopic (exact) mass is 445 g/mol. The van der Waals surface area contributed by atoms with Crippen LogP contribution >= 0.6 is 11.3 Å². The van der Waals surface area contributed by atoms with Crippen LogP contribution < -0.4 is 10.0 Å². The van der Waals surface area contributed by atoms with Gasteiger partial charge in [-0.1, -0.05) is 32.9 Å². The molecule has 0 bridgehead atoms. The van der Waals surface area contributed by atoms with Crippen molar-refractivity contribution in [2.75, 3.05) is 5.32 Å². The largest absolute Gasteiger partial charge is 0.325 e. The minimum atomic E-state index is -3.87. The van der Waals surface area contributed by atoms with Gasteiger partial charge in [-0.3, -0.25) is 4.79 Å². The van der Waals surface area contributed by atoms with Crippen molar-refractivity contribution in [2.24, 2.45) is 5.92 Å². The Bertz CT molecular complexity index is 1140. The van der Waals surface area contributed by atoms with E-state index in [2.05, 4.69) is 21.9 Å². The molecule has 1 amide bonds. The van der Waals surface area contributed by atoms with E-state index in [0.717, 1.165) is 21.6 Å². The summed E-state index contributed by atoms with van der Waals surface area (Å²) in [5, 5.41) is 3.71. The summed E-state index contributed by atoms with van der Waals surface area (Å²) in [7, 11) is -3.87. The van der Waals surface area contributed by atoms with Crippen molar-refractivity contribution in [2.45, 2.75) is 51.5 Å². The number of hydrogen-bond acceptors (Lipinski definition) is 5. The van der Waals surface area contributed by atoms with E-state index in [1.54, 1.807) is 12.1 Å². The van der Waals surface area contributed by atoms with Gasteiger partial charge in [-0.15, -0.1) is 11.3 Å². The van der Waals surface area contributed by atoms with Crippen molar-refractivity contribution in [3.63, 3.8) is 0 Å². The topological polar surface area (TPSA) is 88.2 Å². The number of sulfonamides is 1. The van der Waals surface area contributed by atoms with Gasteiger partial charge >= 0.3 is 0 Å². The molecule has 3 aromatic rings. The van der Waals surface area contributed by atoms with E-state index in [-0.39, 0.29) is 16.7 Å². The van der Waals surface area contributed by atoms with E-state index in [4.69, 9.17) is 0 Å². The number of carbonyl (C=O) groups excluding carboxylic acids is 1. The van der Waals surface area contributed by atoms with E-state index in [0.29, 0.717) is 12.1 Å². The smallest absolute Gasteiger partial charge is 0.242 e. The molecule has 0 aliphatic heterocycles. The third-order valence-corrected chi connectivity index (χ3v) is 7.13. The molecule has 0 radical (unpaired) electrons.